The normalized spacial score (nSPS) is 20.4. The lowest BCUT2D eigenvalue weighted by Gasteiger charge is -2.32. The first-order chi connectivity index (χ1) is 6.66. The van der Waals surface area contributed by atoms with Gasteiger partial charge >= 0.3 is 0 Å². The largest absolute Gasteiger partial charge is 0.245 e. The van der Waals surface area contributed by atoms with Crippen LogP contribution in [0.3, 0.4) is 0 Å². The molecule has 1 aliphatic rings. The molecule has 0 aliphatic carbocycles. The van der Waals surface area contributed by atoms with Crippen molar-refractivity contribution in [2.75, 3.05) is 13.1 Å². The molecule has 2 rings (SSSR count). The van der Waals surface area contributed by atoms with Gasteiger partial charge in [0, 0.05) is 13.1 Å². The third kappa shape index (κ3) is 1.86. The first-order valence-electron chi connectivity index (χ1n) is 4.54. The molecule has 1 heterocycles. The Bertz CT molecular complexity index is 346. The van der Waals surface area contributed by atoms with Crippen molar-refractivity contribution < 1.29 is 8.60 Å². The maximum absolute atomic E-state index is 12.5. The summed E-state index contributed by atoms with van der Waals surface area (Å²) in [5.41, 5.74) is 1.14. The van der Waals surface area contributed by atoms with E-state index in [-0.39, 0.29) is 0 Å². The molecule has 0 saturated carbocycles. The van der Waals surface area contributed by atoms with E-state index in [2.05, 4.69) is 0 Å². The molecule has 1 unspecified atom stereocenters. The molecule has 1 aromatic carbocycles. The Morgan fingerprint density at radius 1 is 1.36 bits per heavy atom. The van der Waals surface area contributed by atoms with Gasteiger partial charge in [-0.25, -0.2) is 12.9 Å². The van der Waals surface area contributed by atoms with Crippen molar-refractivity contribution in [2.24, 2.45) is 0 Å². The number of benzene rings is 1. The minimum Gasteiger partial charge on any atom is -0.245 e. The highest BCUT2D eigenvalue weighted by Gasteiger charge is 2.31. The van der Waals surface area contributed by atoms with E-state index in [0.717, 1.165) is 10.5 Å². The minimum atomic E-state index is -1.18. The number of halogens is 1. The lowest BCUT2D eigenvalue weighted by atomic mass is 10.2. The molecule has 1 aliphatic heterocycles. The first-order valence-corrected chi connectivity index (χ1v) is 5.65. The van der Waals surface area contributed by atoms with Crippen LogP contribution in [0.1, 0.15) is 5.56 Å². The van der Waals surface area contributed by atoms with Crippen molar-refractivity contribution in [3.8, 4) is 0 Å². The highest BCUT2D eigenvalue weighted by atomic mass is 32.2. The van der Waals surface area contributed by atoms with Crippen LogP contribution in [0.5, 0.6) is 0 Å². The Balaban J connectivity index is 2.08. The van der Waals surface area contributed by atoms with Gasteiger partial charge in [-0.05, 0) is 19.1 Å². The zero-order valence-electron chi connectivity index (χ0n) is 7.94. The third-order valence-corrected chi connectivity index (χ3v) is 3.70. The topological polar surface area (TPSA) is 20.3 Å². The number of aryl methyl sites for hydroxylation is 1. The smallest absolute Gasteiger partial charge is 0.127 e. The summed E-state index contributed by atoms with van der Waals surface area (Å²) in [5, 5.41) is 0. The van der Waals surface area contributed by atoms with Crippen LogP contribution in [0.15, 0.2) is 29.2 Å². The highest BCUT2D eigenvalue weighted by Crippen LogP contribution is 2.19. The van der Waals surface area contributed by atoms with Crippen molar-refractivity contribution in [1.82, 2.24) is 4.31 Å². The van der Waals surface area contributed by atoms with Crippen molar-refractivity contribution in [2.45, 2.75) is 18.0 Å². The van der Waals surface area contributed by atoms with Gasteiger partial charge in [0.1, 0.15) is 17.2 Å². The fraction of sp³-hybridized carbons (Fsp3) is 0.400. The maximum Gasteiger partial charge on any atom is 0.127 e. The van der Waals surface area contributed by atoms with E-state index in [4.69, 9.17) is 0 Å². The van der Waals surface area contributed by atoms with E-state index in [1.54, 1.807) is 4.31 Å². The van der Waals surface area contributed by atoms with Crippen LogP contribution < -0.4 is 0 Å². The van der Waals surface area contributed by atoms with Crippen molar-refractivity contribution >= 4 is 11.0 Å². The molecule has 1 fully saturated rings. The van der Waals surface area contributed by atoms with E-state index in [1.165, 1.54) is 0 Å². The van der Waals surface area contributed by atoms with E-state index < -0.39 is 17.2 Å². The van der Waals surface area contributed by atoms with Crippen molar-refractivity contribution in [1.29, 1.82) is 0 Å². The molecule has 1 atom stereocenters. The quantitative estimate of drug-likeness (QED) is 0.732. The average molecular weight is 213 g/mol. The molecule has 0 aromatic heterocycles. The van der Waals surface area contributed by atoms with Crippen LogP contribution in [-0.4, -0.2) is 27.8 Å². The summed E-state index contributed by atoms with van der Waals surface area (Å²) in [6, 6.07) is 7.49. The van der Waals surface area contributed by atoms with E-state index in [1.807, 2.05) is 31.2 Å². The summed E-state index contributed by atoms with van der Waals surface area (Å²) in [6.07, 6.45) is -0.801. The lowest BCUT2D eigenvalue weighted by Crippen LogP contribution is -2.48. The zero-order valence-corrected chi connectivity index (χ0v) is 8.76. The standard InChI is InChI=1S/C10H12FNOS/c1-8-2-4-10(5-3-8)14(13)12-6-9(11)7-12/h2-5,9H,6-7H2,1H3. The number of nitrogens with zero attached hydrogens (tertiary/aromatic N) is 1. The number of hydrogen-bond donors (Lipinski definition) is 0. The predicted octanol–water partition coefficient (Wildman–Crippen LogP) is 1.67. The molecule has 1 saturated heterocycles. The summed E-state index contributed by atoms with van der Waals surface area (Å²) in [5.74, 6) is 0. The van der Waals surface area contributed by atoms with Gasteiger partial charge in [0.05, 0.1) is 4.90 Å². The van der Waals surface area contributed by atoms with Crippen LogP contribution in [0.4, 0.5) is 4.39 Å². The van der Waals surface area contributed by atoms with Gasteiger partial charge in [0.2, 0.25) is 0 Å². The second kappa shape index (κ2) is 3.79. The SMILES string of the molecule is Cc1ccc(S(=O)N2CC(F)C2)cc1. The summed E-state index contributed by atoms with van der Waals surface area (Å²) in [6.45, 7) is 2.56. The van der Waals surface area contributed by atoms with Gasteiger partial charge < -0.3 is 0 Å². The molecule has 76 valence electrons. The molecule has 1 aromatic rings. The van der Waals surface area contributed by atoms with Crippen molar-refractivity contribution in [3.05, 3.63) is 29.8 Å². The van der Waals surface area contributed by atoms with E-state index in [0.29, 0.717) is 13.1 Å². The molecule has 0 N–H and O–H groups in total. The molecule has 0 amide bonds. The number of hydrogen-bond acceptors (Lipinski definition) is 1. The highest BCUT2D eigenvalue weighted by molar-refractivity contribution is 7.82. The molecule has 0 bridgehead atoms. The van der Waals surface area contributed by atoms with Crippen LogP contribution >= 0.6 is 0 Å². The second-order valence-electron chi connectivity index (χ2n) is 3.51. The Morgan fingerprint density at radius 3 is 2.43 bits per heavy atom. The fourth-order valence-electron chi connectivity index (χ4n) is 1.33. The van der Waals surface area contributed by atoms with Crippen LogP contribution in [0.2, 0.25) is 0 Å². The Kier molecular flexibility index (Phi) is 2.65. The van der Waals surface area contributed by atoms with E-state index >= 15 is 0 Å². The molecule has 14 heavy (non-hydrogen) atoms. The predicted molar refractivity (Wildman–Crippen MR) is 54.1 cm³/mol. The average Bonchev–Trinajstić information content (AvgIpc) is 2.13. The lowest BCUT2D eigenvalue weighted by molar-refractivity contribution is 0.147. The van der Waals surface area contributed by atoms with Gasteiger partial charge in [0.25, 0.3) is 0 Å². The molecule has 4 heteroatoms. The minimum absolute atomic E-state index is 0.292. The maximum atomic E-state index is 12.5. The van der Waals surface area contributed by atoms with E-state index in [9.17, 15) is 8.60 Å². The summed E-state index contributed by atoms with van der Waals surface area (Å²) in [7, 11) is -1.18. The van der Waals surface area contributed by atoms with Crippen LogP contribution in [0.25, 0.3) is 0 Å². The molecular weight excluding hydrogens is 201 g/mol. The van der Waals surface area contributed by atoms with Gasteiger partial charge in [0.15, 0.2) is 0 Å². The van der Waals surface area contributed by atoms with Gasteiger partial charge in [-0.15, -0.1) is 0 Å². The summed E-state index contributed by atoms with van der Waals surface area (Å²) >= 11 is 0. The Labute approximate surface area is 85.3 Å². The molecular formula is C10H12FNOS. The molecule has 0 spiro atoms. The molecule has 0 radical (unpaired) electrons. The van der Waals surface area contributed by atoms with Gasteiger partial charge in [-0.3, -0.25) is 0 Å². The van der Waals surface area contributed by atoms with Crippen LogP contribution in [-0.2, 0) is 11.0 Å². The zero-order chi connectivity index (χ0) is 10.1. The fourth-order valence-corrected chi connectivity index (χ4v) is 2.59. The monoisotopic (exact) mass is 213 g/mol. The Morgan fingerprint density at radius 2 is 1.93 bits per heavy atom. The number of rotatable bonds is 2. The third-order valence-electron chi connectivity index (χ3n) is 2.26. The summed E-state index contributed by atoms with van der Waals surface area (Å²) in [4.78, 5) is 0.752. The van der Waals surface area contributed by atoms with Gasteiger partial charge in [-0.1, -0.05) is 17.7 Å². The first kappa shape index (κ1) is 9.80. The van der Waals surface area contributed by atoms with Gasteiger partial charge in [-0.2, -0.15) is 0 Å². The van der Waals surface area contributed by atoms with Crippen LogP contribution in [0, 0.1) is 6.92 Å². The second-order valence-corrected chi connectivity index (χ2v) is 4.99. The molecule has 2 nitrogen and oxygen atoms in total. The number of alkyl halides is 1. The summed E-state index contributed by atoms with van der Waals surface area (Å²) < 4.78 is 25.9. The Hall–Kier alpha value is -0.740. The van der Waals surface area contributed by atoms with Crippen molar-refractivity contribution in [3.63, 3.8) is 0 Å².